The molecule has 0 bridgehead atoms. The van der Waals surface area contributed by atoms with Crippen molar-refractivity contribution >= 4 is 31.0 Å². The van der Waals surface area contributed by atoms with E-state index in [-0.39, 0.29) is 0 Å². The molecule has 6 heteroatoms. The van der Waals surface area contributed by atoms with Crippen LogP contribution in [0.3, 0.4) is 0 Å². The summed E-state index contributed by atoms with van der Waals surface area (Å²) >= 11 is 5.62. The Morgan fingerprint density at radius 3 is 2.60 bits per heavy atom. The van der Waals surface area contributed by atoms with Crippen LogP contribution in [0.5, 0.6) is 0 Å². The standard InChI is InChI=1S/C9H12ClN2O2P/c1-9(2,8(11)13)15(14)6-3-4-7(10)12-5-6/h3-5,14H,1-2H3,(H2,11,13). The van der Waals surface area contributed by atoms with Crippen LogP contribution in [0.25, 0.3) is 0 Å². The molecule has 82 valence electrons. The van der Waals surface area contributed by atoms with Gasteiger partial charge in [-0.1, -0.05) is 11.6 Å². The van der Waals surface area contributed by atoms with Crippen LogP contribution in [0, 0.1) is 0 Å². The highest BCUT2D eigenvalue weighted by molar-refractivity contribution is 7.62. The topological polar surface area (TPSA) is 76.2 Å². The first-order chi connectivity index (χ1) is 6.85. The summed E-state index contributed by atoms with van der Waals surface area (Å²) < 4.78 is 0. The molecule has 0 saturated carbocycles. The minimum Gasteiger partial charge on any atom is -0.369 e. The summed E-state index contributed by atoms with van der Waals surface area (Å²) in [5.74, 6) is -0.536. The van der Waals surface area contributed by atoms with E-state index in [1.807, 2.05) is 0 Å². The number of aromatic nitrogens is 1. The van der Waals surface area contributed by atoms with Gasteiger partial charge in [0, 0.05) is 11.5 Å². The predicted molar refractivity (Wildman–Crippen MR) is 61.3 cm³/mol. The van der Waals surface area contributed by atoms with E-state index in [0.29, 0.717) is 10.5 Å². The Kier molecular flexibility index (Phi) is 3.66. The lowest BCUT2D eigenvalue weighted by Gasteiger charge is -2.26. The zero-order chi connectivity index (χ0) is 11.6. The summed E-state index contributed by atoms with van der Waals surface area (Å²) in [6, 6.07) is 3.21. The van der Waals surface area contributed by atoms with Crippen LogP contribution in [0.4, 0.5) is 0 Å². The maximum Gasteiger partial charge on any atom is 0.229 e. The third kappa shape index (κ3) is 2.65. The van der Waals surface area contributed by atoms with Gasteiger partial charge in [0.05, 0.1) is 13.3 Å². The van der Waals surface area contributed by atoms with Crippen LogP contribution in [0.15, 0.2) is 18.3 Å². The number of nitrogens with zero attached hydrogens (tertiary/aromatic N) is 1. The molecular weight excluding hydrogens is 235 g/mol. The van der Waals surface area contributed by atoms with Crippen LogP contribution in [0.2, 0.25) is 5.15 Å². The van der Waals surface area contributed by atoms with Gasteiger partial charge in [-0.15, -0.1) is 0 Å². The van der Waals surface area contributed by atoms with E-state index in [1.54, 1.807) is 26.0 Å². The minimum absolute atomic E-state index is 0.346. The number of pyridine rings is 1. The van der Waals surface area contributed by atoms with Crippen molar-refractivity contribution in [1.29, 1.82) is 0 Å². The number of rotatable bonds is 3. The monoisotopic (exact) mass is 246 g/mol. The smallest absolute Gasteiger partial charge is 0.229 e. The molecule has 0 spiro atoms. The van der Waals surface area contributed by atoms with Crippen molar-refractivity contribution in [1.82, 2.24) is 4.98 Å². The largest absolute Gasteiger partial charge is 0.369 e. The summed E-state index contributed by atoms with van der Waals surface area (Å²) in [5.41, 5.74) is 5.21. The molecule has 0 aliphatic carbocycles. The number of amides is 1. The lowest BCUT2D eigenvalue weighted by Crippen LogP contribution is -2.38. The summed E-state index contributed by atoms with van der Waals surface area (Å²) in [6.07, 6.45) is 1.46. The second-order valence-electron chi connectivity index (χ2n) is 3.57. The molecule has 1 atom stereocenters. The van der Waals surface area contributed by atoms with Crippen molar-refractivity contribution in [2.75, 3.05) is 0 Å². The average Bonchev–Trinajstić information content (AvgIpc) is 2.17. The molecule has 0 aliphatic heterocycles. The molecule has 0 saturated heterocycles. The van der Waals surface area contributed by atoms with E-state index in [1.165, 1.54) is 6.20 Å². The van der Waals surface area contributed by atoms with E-state index < -0.39 is 19.2 Å². The molecule has 1 rings (SSSR count). The van der Waals surface area contributed by atoms with Crippen molar-refractivity contribution in [2.24, 2.45) is 5.73 Å². The molecule has 15 heavy (non-hydrogen) atoms. The third-order valence-electron chi connectivity index (χ3n) is 2.09. The molecule has 0 aromatic carbocycles. The summed E-state index contributed by atoms with van der Waals surface area (Å²) in [5, 5.41) is -0.0394. The highest BCUT2D eigenvalue weighted by Crippen LogP contribution is 2.44. The quantitative estimate of drug-likeness (QED) is 0.617. The average molecular weight is 247 g/mol. The summed E-state index contributed by atoms with van der Waals surface area (Å²) in [4.78, 5) is 25.0. The molecule has 0 radical (unpaired) electrons. The summed E-state index contributed by atoms with van der Waals surface area (Å²) in [6.45, 7) is 3.21. The van der Waals surface area contributed by atoms with Gasteiger partial charge in [-0.3, -0.25) is 4.79 Å². The second-order valence-corrected chi connectivity index (χ2v) is 6.22. The van der Waals surface area contributed by atoms with Crippen molar-refractivity contribution < 1.29 is 9.69 Å². The van der Waals surface area contributed by atoms with Gasteiger partial charge in [-0.25, -0.2) is 4.98 Å². The SMILES string of the molecule is CC(C)(C(N)=O)P(O)c1ccc(Cl)nc1. The number of hydrogen-bond donors (Lipinski definition) is 2. The molecule has 3 N–H and O–H groups in total. The highest BCUT2D eigenvalue weighted by Gasteiger charge is 2.35. The molecule has 1 heterocycles. The van der Waals surface area contributed by atoms with E-state index in [9.17, 15) is 9.69 Å². The van der Waals surface area contributed by atoms with Gasteiger partial charge in [-0.2, -0.15) is 0 Å². The van der Waals surface area contributed by atoms with Crippen molar-refractivity contribution in [3.63, 3.8) is 0 Å². The van der Waals surface area contributed by atoms with Crippen molar-refractivity contribution in [2.45, 2.75) is 19.0 Å². The van der Waals surface area contributed by atoms with Crippen LogP contribution in [-0.2, 0) is 4.79 Å². The molecule has 4 nitrogen and oxygen atoms in total. The molecule has 1 unspecified atom stereocenters. The molecule has 0 fully saturated rings. The van der Waals surface area contributed by atoms with Gasteiger partial charge in [0.15, 0.2) is 0 Å². The van der Waals surface area contributed by atoms with Crippen molar-refractivity contribution in [3.8, 4) is 0 Å². The first-order valence-electron chi connectivity index (χ1n) is 4.26. The summed E-state index contributed by atoms with van der Waals surface area (Å²) in [7, 11) is -1.67. The number of carbonyl (C=O) groups is 1. The molecule has 0 aliphatic rings. The lowest BCUT2D eigenvalue weighted by atomic mass is 10.2. The van der Waals surface area contributed by atoms with Crippen LogP contribution in [0.1, 0.15) is 13.8 Å². The molecule has 1 aromatic rings. The highest BCUT2D eigenvalue weighted by atomic mass is 35.5. The third-order valence-corrected chi connectivity index (χ3v) is 4.35. The fourth-order valence-corrected chi connectivity index (χ4v) is 2.27. The second kappa shape index (κ2) is 4.44. The zero-order valence-corrected chi connectivity index (χ0v) is 10.1. The van der Waals surface area contributed by atoms with E-state index in [2.05, 4.69) is 4.98 Å². The Hall–Kier alpha value is -0.700. The number of carbonyl (C=O) groups excluding carboxylic acids is 1. The van der Waals surface area contributed by atoms with Crippen molar-refractivity contribution in [3.05, 3.63) is 23.5 Å². The molecule has 1 aromatic heterocycles. The number of primary amides is 1. The minimum atomic E-state index is -1.67. The number of hydrogen-bond acceptors (Lipinski definition) is 3. The van der Waals surface area contributed by atoms with Crippen LogP contribution < -0.4 is 11.0 Å². The van der Waals surface area contributed by atoms with E-state index in [4.69, 9.17) is 17.3 Å². The maximum atomic E-state index is 11.1. The van der Waals surface area contributed by atoms with Gasteiger partial charge in [0.2, 0.25) is 5.91 Å². The first-order valence-corrected chi connectivity index (χ1v) is 5.93. The Labute approximate surface area is 94.3 Å². The Bertz CT molecular complexity index is 367. The lowest BCUT2D eigenvalue weighted by molar-refractivity contribution is -0.119. The van der Waals surface area contributed by atoms with Crippen LogP contribution in [-0.4, -0.2) is 20.9 Å². The number of halogens is 1. The van der Waals surface area contributed by atoms with E-state index in [0.717, 1.165) is 0 Å². The van der Waals surface area contributed by atoms with Gasteiger partial charge in [-0.05, 0) is 26.0 Å². The zero-order valence-electron chi connectivity index (χ0n) is 8.44. The van der Waals surface area contributed by atoms with Gasteiger partial charge >= 0.3 is 0 Å². The van der Waals surface area contributed by atoms with Gasteiger partial charge < -0.3 is 10.6 Å². The van der Waals surface area contributed by atoms with Crippen LogP contribution >= 0.6 is 19.7 Å². The Balaban J connectivity index is 2.99. The fraction of sp³-hybridized carbons (Fsp3) is 0.333. The number of nitrogens with two attached hydrogens (primary N) is 1. The molecular formula is C9H12ClN2O2P. The fourth-order valence-electron chi connectivity index (χ4n) is 0.920. The molecule has 1 amide bonds. The Morgan fingerprint density at radius 2 is 2.20 bits per heavy atom. The van der Waals surface area contributed by atoms with Gasteiger partial charge in [0.1, 0.15) is 5.15 Å². The first kappa shape index (κ1) is 12.4. The predicted octanol–water partition coefficient (Wildman–Crippen LogP) is 1.01. The normalized spacial score (nSPS) is 13.6. The van der Waals surface area contributed by atoms with E-state index >= 15 is 0 Å². The van der Waals surface area contributed by atoms with Gasteiger partial charge in [0.25, 0.3) is 0 Å². The maximum absolute atomic E-state index is 11.1. The Morgan fingerprint density at radius 1 is 1.60 bits per heavy atom.